The standard InChI is InChI=1S/C23H27N5O2/c24-19-4-2-1-3-18(19)22(25)16-7-9-27(10-8-16)17-5-6-21-20(15-17)26-23(30-21)28-11-13-29-14-12-28/h1-6,15-16,25H,7-14,24H2. The summed E-state index contributed by atoms with van der Waals surface area (Å²) < 4.78 is 11.4. The molecule has 1 aromatic heterocycles. The van der Waals surface area contributed by atoms with Gasteiger partial charge in [0.15, 0.2) is 5.58 Å². The van der Waals surface area contributed by atoms with Crippen LogP contribution in [0.25, 0.3) is 11.1 Å². The van der Waals surface area contributed by atoms with Crippen molar-refractivity contribution in [1.29, 1.82) is 5.41 Å². The Labute approximate surface area is 175 Å². The number of benzene rings is 2. The number of oxazole rings is 1. The minimum Gasteiger partial charge on any atom is -0.423 e. The Kier molecular flexibility index (Phi) is 5.04. The second-order valence-electron chi connectivity index (χ2n) is 8.01. The zero-order chi connectivity index (χ0) is 20.5. The van der Waals surface area contributed by atoms with Gasteiger partial charge in [0.25, 0.3) is 6.01 Å². The van der Waals surface area contributed by atoms with Crippen LogP contribution in [0, 0.1) is 11.3 Å². The highest BCUT2D eigenvalue weighted by Gasteiger charge is 2.25. The first-order valence-electron chi connectivity index (χ1n) is 10.6. The molecule has 2 saturated heterocycles. The van der Waals surface area contributed by atoms with E-state index in [-0.39, 0.29) is 5.92 Å². The number of rotatable bonds is 4. The lowest BCUT2D eigenvalue weighted by atomic mass is 9.87. The molecule has 3 N–H and O–H groups in total. The SMILES string of the molecule is N=C(c1ccccc1N)C1CCN(c2ccc3oc(N4CCOCC4)nc3c2)CC1. The molecule has 2 aromatic carbocycles. The number of morpholine rings is 1. The number of para-hydroxylation sites is 1. The van der Waals surface area contributed by atoms with Crippen LogP contribution in [0.4, 0.5) is 17.4 Å². The van der Waals surface area contributed by atoms with Crippen LogP contribution in [-0.4, -0.2) is 50.1 Å². The molecular weight excluding hydrogens is 378 g/mol. The van der Waals surface area contributed by atoms with Crippen LogP contribution >= 0.6 is 0 Å². The van der Waals surface area contributed by atoms with Crippen molar-refractivity contribution >= 4 is 34.2 Å². The third-order valence-electron chi connectivity index (χ3n) is 6.16. The normalized spacial score (nSPS) is 18.1. The quantitative estimate of drug-likeness (QED) is 0.510. The molecule has 0 amide bonds. The van der Waals surface area contributed by atoms with Gasteiger partial charge < -0.3 is 30.1 Å². The number of fused-ring (bicyclic) bond motifs is 1. The third-order valence-corrected chi connectivity index (χ3v) is 6.16. The number of hydrogen-bond acceptors (Lipinski definition) is 7. The zero-order valence-corrected chi connectivity index (χ0v) is 17.0. The average molecular weight is 406 g/mol. The van der Waals surface area contributed by atoms with Gasteiger partial charge in [0.1, 0.15) is 5.52 Å². The molecule has 2 aliphatic heterocycles. The fraction of sp³-hybridized carbons (Fsp3) is 0.391. The Morgan fingerprint density at radius 3 is 2.53 bits per heavy atom. The zero-order valence-electron chi connectivity index (χ0n) is 17.0. The maximum atomic E-state index is 8.61. The van der Waals surface area contributed by atoms with Gasteiger partial charge >= 0.3 is 0 Å². The fourth-order valence-corrected chi connectivity index (χ4v) is 4.38. The van der Waals surface area contributed by atoms with Crippen LogP contribution in [0.5, 0.6) is 0 Å². The third kappa shape index (κ3) is 3.61. The van der Waals surface area contributed by atoms with Gasteiger partial charge in [-0.15, -0.1) is 0 Å². The van der Waals surface area contributed by atoms with Crippen LogP contribution in [0.1, 0.15) is 18.4 Å². The van der Waals surface area contributed by atoms with E-state index in [4.69, 9.17) is 25.3 Å². The molecule has 0 saturated carbocycles. The number of nitrogens with two attached hydrogens (primary N) is 1. The molecule has 0 bridgehead atoms. The molecule has 0 atom stereocenters. The number of nitrogen functional groups attached to an aromatic ring is 1. The summed E-state index contributed by atoms with van der Waals surface area (Å²) in [6, 6.07) is 14.6. The van der Waals surface area contributed by atoms with Gasteiger partial charge in [-0.3, -0.25) is 0 Å². The molecule has 30 heavy (non-hydrogen) atoms. The summed E-state index contributed by atoms with van der Waals surface area (Å²) in [4.78, 5) is 9.22. The molecule has 0 radical (unpaired) electrons. The fourth-order valence-electron chi connectivity index (χ4n) is 4.38. The highest BCUT2D eigenvalue weighted by molar-refractivity contribution is 6.04. The summed E-state index contributed by atoms with van der Waals surface area (Å²) >= 11 is 0. The Morgan fingerprint density at radius 1 is 1.00 bits per heavy atom. The summed E-state index contributed by atoms with van der Waals surface area (Å²) in [5.74, 6) is 0.245. The van der Waals surface area contributed by atoms with E-state index < -0.39 is 0 Å². The van der Waals surface area contributed by atoms with Crippen molar-refractivity contribution in [2.45, 2.75) is 12.8 Å². The Morgan fingerprint density at radius 2 is 1.77 bits per heavy atom. The molecule has 0 unspecified atom stereocenters. The second-order valence-corrected chi connectivity index (χ2v) is 8.01. The monoisotopic (exact) mass is 405 g/mol. The van der Waals surface area contributed by atoms with E-state index in [9.17, 15) is 0 Å². The Bertz CT molecular complexity index is 1050. The number of aromatic nitrogens is 1. The van der Waals surface area contributed by atoms with E-state index in [1.807, 2.05) is 30.3 Å². The van der Waals surface area contributed by atoms with E-state index in [1.54, 1.807) is 0 Å². The van der Waals surface area contributed by atoms with E-state index in [2.05, 4.69) is 21.9 Å². The largest absolute Gasteiger partial charge is 0.423 e. The predicted molar refractivity (Wildman–Crippen MR) is 120 cm³/mol. The minimum absolute atomic E-state index is 0.245. The van der Waals surface area contributed by atoms with Gasteiger partial charge in [-0.2, -0.15) is 4.98 Å². The molecule has 5 rings (SSSR count). The van der Waals surface area contributed by atoms with E-state index in [1.165, 1.54) is 0 Å². The molecule has 156 valence electrons. The molecule has 0 spiro atoms. The lowest BCUT2D eigenvalue weighted by Crippen LogP contribution is -2.36. The van der Waals surface area contributed by atoms with Gasteiger partial charge in [0.2, 0.25) is 0 Å². The second kappa shape index (κ2) is 7.99. The van der Waals surface area contributed by atoms with Crippen molar-refractivity contribution in [2.24, 2.45) is 5.92 Å². The van der Waals surface area contributed by atoms with Gasteiger partial charge in [0.05, 0.1) is 13.2 Å². The smallest absolute Gasteiger partial charge is 0.298 e. The Hall–Kier alpha value is -3.06. The summed E-state index contributed by atoms with van der Waals surface area (Å²) in [6.45, 7) is 4.88. The van der Waals surface area contributed by atoms with Crippen LogP contribution in [0.3, 0.4) is 0 Å². The van der Waals surface area contributed by atoms with Crippen LogP contribution in [0.15, 0.2) is 46.9 Å². The number of ether oxygens (including phenoxy) is 1. The summed E-state index contributed by atoms with van der Waals surface area (Å²) in [6.07, 6.45) is 1.89. The summed E-state index contributed by atoms with van der Waals surface area (Å²) in [7, 11) is 0. The molecule has 2 aliphatic rings. The molecule has 2 fully saturated rings. The van der Waals surface area contributed by atoms with Gasteiger partial charge in [0, 0.05) is 54.7 Å². The summed E-state index contributed by atoms with van der Waals surface area (Å²) in [5.41, 5.74) is 11.2. The maximum Gasteiger partial charge on any atom is 0.298 e. The van der Waals surface area contributed by atoms with E-state index >= 15 is 0 Å². The highest BCUT2D eigenvalue weighted by atomic mass is 16.5. The van der Waals surface area contributed by atoms with Crippen molar-refractivity contribution in [3.05, 3.63) is 48.0 Å². The van der Waals surface area contributed by atoms with Crippen molar-refractivity contribution in [3.63, 3.8) is 0 Å². The molecule has 3 heterocycles. The van der Waals surface area contributed by atoms with Crippen molar-refractivity contribution < 1.29 is 9.15 Å². The van der Waals surface area contributed by atoms with Crippen LogP contribution in [-0.2, 0) is 4.74 Å². The Balaban J connectivity index is 1.27. The lowest BCUT2D eigenvalue weighted by molar-refractivity contribution is 0.120. The van der Waals surface area contributed by atoms with E-state index in [0.717, 1.165) is 61.4 Å². The van der Waals surface area contributed by atoms with Gasteiger partial charge in [-0.05, 0) is 37.1 Å². The topological polar surface area (TPSA) is 91.6 Å². The van der Waals surface area contributed by atoms with Gasteiger partial charge in [-0.1, -0.05) is 18.2 Å². The van der Waals surface area contributed by atoms with Crippen molar-refractivity contribution in [2.75, 3.05) is 54.9 Å². The van der Waals surface area contributed by atoms with Crippen LogP contribution < -0.4 is 15.5 Å². The van der Waals surface area contributed by atoms with Gasteiger partial charge in [-0.25, -0.2) is 0 Å². The molecule has 0 aliphatic carbocycles. The molecular formula is C23H27N5O2. The highest BCUT2D eigenvalue weighted by Crippen LogP contribution is 2.30. The average Bonchev–Trinajstić information content (AvgIpc) is 3.23. The first-order valence-corrected chi connectivity index (χ1v) is 10.6. The van der Waals surface area contributed by atoms with Crippen LogP contribution in [0.2, 0.25) is 0 Å². The lowest BCUT2D eigenvalue weighted by Gasteiger charge is -2.34. The molecule has 7 heteroatoms. The first-order chi connectivity index (χ1) is 14.7. The predicted octanol–water partition coefficient (Wildman–Crippen LogP) is 3.53. The number of hydrogen-bond donors (Lipinski definition) is 2. The number of nitrogens with zero attached hydrogens (tertiary/aromatic N) is 3. The molecule has 7 nitrogen and oxygen atoms in total. The first kappa shape index (κ1) is 18.9. The van der Waals surface area contributed by atoms with E-state index in [0.29, 0.717) is 30.6 Å². The molecule has 3 aromatic rings. The number of piperidine rings is 1. The van der Waals surface area contributed by atoms with Crippen molar-refractivity contribution in [1.82, 2.24) is 4.98 Å². The summed E-state index contributed by atoms with van der Waals surface area (Å²) in [5, 5.41) is 8.61. The van der Waals surface area contributed by atoms with Crippen molar-refractivity contribution in [3.8, 4) is 0 Å². The maximum absolute atomic E-state index is 8.61. The minimum atomic E-state index is 0.245. The number of nitrogens with one attached hydrogen (secondary N) is 1. The number of anilines is 3.